The van der Waals surface area contributed by atoms with Gasteiger partial charge in [-0.25, -0.2) is 9.97 Å². The van der Waals surface area contributed by atoms with E-state index in [9.17, 15) is 0 Å². The zero-order chi connectivity index (χ0) is 13.8. The first-order chi connectivity index (χ1) is 9.10. The van der Waals surface area contributed by atoms with Gasteiger partial charge in [-0.1, -0.05) is 18.5 Å². The molecule has 1 N–H and O–H groups in total. The normalized spacial score (nSPS) is 17.7. The minimum absolute atomic E-state index is 0.368. The second-order valence-corrected chi connectivity index (χ2v) is 5.67. The largest absolute Gasteiger partial charge is 0.366 e. The molecule has 0 spiro atoms. The van der Waals surface area contributed by atoms with Crippen LogP contribution in [0.25, 0.3) is 0 Å². The summed E-state index contributed by atoms with van der Waals surface area (Å²) in [6.07, 6.45) is 3.45. The van der Waals surface area contributed by atoms with Crippen LogP contribution in [0.15, 0.2) is 0 Å². The quantitative estimate of drug-likeness (QED) is 0.843. The number of nitrogens with one attached hydrogen (secondary N) is 1. The highest BCUT2D eigenvalue weighted by atomic mass is 35.5. The van der Waals surface area contributed by atoms with Crippen molar-refractivity contribution in [2.75, 3.05) is 25.0 Å². The van der Waals surface area contributed by atoms with E-state index in [-0.39, 0.29) is 0 Å². The van der Waals surface area contributed by atoms with Crippen molar-refractivity contribution in [1.82, 2.24) is 14.9 Å². The third-order valence-corrected chi connectivity index (χ3v) is 3.93. The predicted molar refractivity (Wildman–Crippen MR) is 79.9 cm³/mol. The zero-order valence-electron chi connectivity index (χ0n) is 12.0. The summed E-state index contributed by atoms with van der Waals surface area (Å²) in [6.45, 7) is 9.69. The Morgan fingerprint density at radius 2 is 2.00 bits per heavy atom. The fourth-order valence-electron chi connectivity index (χ4n) is 2.46. The zero-order valence-corrected chi connectivity index (χ0v) is 12.8. The van der Waals surface area contributed by atoms with Crippen LogP contribution < -0.4 is 5.32 Å². The molecule has 1 atom stereocenters. The molecular weight excluding hydrogens is 260 g/mol. The maximum atomic E-state index is 6.15. The molecule has 0 amide bonds. The number of nitrogens with zero attached hydrogens (tertiary/aromatic N) is 3. The van der Waals surface area contributed by atoms with Gasteiger partial charge in [0.05, 0.1) is 0 Å². The van der Waals surface area contributed by atoms with Gasteiger partial charge in [-0.3, -0.25) is 0 Å². The summed E-state index contributed by atoms with van der Waals surface area (Å²) in [4.78, 5) is 11.3. The Hall–Kier alpha value is -0.870. The number of halogens is 1. The fourth-order valence-corrected chi connectivity index (χ4v) is 2.65. The van der Waals surface area contributed by atoms with Crippen LogP contribution in [0.5, 0.6) is 0 Å². The van der Waals surface area contributed by atoms with Crippen LogP contribution in [-0.2, 0) is 6.42 Å². The Labute approximate surface area is 120 Å². The number of aromatic nitrogens is 2. The molecule has 5 heteroatoms. The molecule has 2 rings (SSSR count). The molecule has 19 heavy (non-hydrogen) atoms. The van der Waals surface area contributed by atoms with Crippen LogP contribution >= 0.6 is 11.6 Å². The third-order valence-electron chi connectivity index (χ3n) is 3.56. The summed E-state index contributed by atoms with van der Waals surface area (Å²) >= 11 is 6.15. The Bertz CT molecular complexity index is 430. The molecule has 0 aromatic carbocycles. The van der Waals surface area contributed by atoms with Gasteiger partial charge in [-0.2, -0.15) is 0 Å². The van der Waals surface area contributed by atoms with E-state index in [4.69, 9.17) is 11.6 Å². The monoisotopic (exact) mass is 282 g/mol. The Kier molecular flexibility index (Phi) is 4.99. The van der Waals surface area contributed by atoms with E-state index in [2.05, 4.69) is 27.1 Å². The van der Waals surface area contributed by atoms with E-state index in [0.717, 1.165) is 30.2 Å². The summed E-state index contributed by atoms with van der Waals surface area (Å²) in [5.74, 6) is 1.68. The molecule has 1 unspecified atom stereocenters. The standard InChI is InChI=1S/C14H23ClN4/c1-4-12-17-13(15)11(3)14(18-12)16-10(2)9-19-7-5-6-8-19/h10H,4-9H2,1-3H3,(H,16,17,18). The van der Waals surface area contributed by atoms with E-state index in [1.54, 1.807) is 0 Å². The van der Waals surface area contributed by atoms with Crippen LogP contribution in [0.1, 0.15) is 38.1 Å². The number of rotatable bonds is 5. The van der Waals surface area contributed by atoms with Gasteiger partial charge in [0.2, 0.25) is 0 Å². The first kappa shape index (κ1) is 14.5. The van der Waals surface area contributed by atoms with Gasteiger partial charge in [-0.15, -0.1) is 0 Å². The minimum Gasteiger partial charge on any atom is -0.366 e. The molecule has 1 aliphatic rings. The van der Waals surface area contributed by atoms with Gasteiger partial charge in [0.15, 0.2) is 0 Å². The summed E-state index contributed by atoms with van der Waals surface area (Å²) in [5, 5.41) is 4.03. The van der Waals surface area contributed by atoms with Crippen molar-refractivity contribution in [2.45, 2.75) is 46.1 Å². The summed E-state index contributed by atoms with van der Waals surface area (Å²) in [5.41, 5.74) is 0.937. The number of anilines is 1. The molecule has 0 radical (unpaired) electrons. The van der Waals surface area contributed by atoms with Crippen LogP contribution in [0.4, 0.5) is 5.82 Å². The van der Waals surface area contributed by atoms with E-state index in [1.807, 2.05) is 13.8 Å². The summed E-state index contributed by atoms with van der Waals surface area (Å²) in [7, 11) is 0. The lowest BCUT2D eigenvalue weighted by atomic mass is 10.2. The second-order valence-electron chi connectivity index (χ2n) is 5.31. The van der Waals surface area contributed by atoms with Crippen molar-refractivity contribution in [1.29, 1.82) is 0 Å². The van der Waals surface area contributed by atoms with Gasteiger partial charge in [0.25, 0.3) is 0 Å². The topological polar surface area (TPSA) is 41.1 Å². The first-order valence-electron chi connectivity index (χ1n) is 7.12. The van der Waals surface area contributed by atoms with Crippen LogP contribution in [0, 0.1) is 6.92 Å². The molecule has 106 valence electrons. The molecule has 0 aliphatic carbocycles. The van der Waals surface area contributed by atoms with Crippen molar-refractivity contribution < 1.29 is 0 Å². The Balaban J connectivity index is 2.02. The van der Waals surface area contributed by atoms with Crippen LogP contribution in [0.2, 0.25) is 5.15 Å². The molecule has 0 bridgehead atoms. The average Bonchev–Trinajstić information content (AvgIpc) is 2.87. The molecule has 1 aromatic heterocycles. The maximum absolute atomic E-state index is 6.15. The second kappa shape index (κ2) is 6.53. The molecule has 1 saturated heterocycles. The maximum Gasteiger partial charge on any atom is 0.137 e. The van der Waals surface area contributed by atoms with Crippen molar-refractivity contribution in [3.05, 3.63) is 16.5 Å². The highest BCUT2D eigenvalue weighted by Gasteiger charge is 2.16. The van der Waals surface area contributed by atoms with Crippen molar-refractivity contribution in [3.63, 3.8) is 0 Å². The predicted octanol–water partition coefficient (Wildman–Crippen LogP) is 2.90. The summed E-state index contributed by atoms with van der Waals surface area (Å²) < 4.78 is 0. The van der Waals surface area contributed by atoms with Gasteiger partial charge < -0.3 is 10.2 Å². The lowest BCUT2D eigenvalue weighted by molar-refractivity contribution is 0.327. The highest BCUT2D eigenvalue weighted by molar-refractivity contribution is 6.30. The minimum atomic E-state index is 0.368. The fraction of sp³-hybridized carbons (Fsp3) is 0.714. The van der Waals surface area contributed by atoms with E-state index < -0.39 is 0 Å². The highest BCUT2D eigenvalue weighted by Crippen LogP contribution is 2.21. The molecule has 4 nitrogen and oxygen atoms in total. The molecule has 1 aliphatic heterocycles. The lowest BCUT2D eigenvalue weighted by Gasteiger charge is -2.22. The van der Waals surface area contributed by atoms with E-state index >= 15 is 0 Å². The molecule has 1 aromatic rings. The molecule has 0 saturated carbocycles. The van der Waals surface area contributed by atoms with E-state index in [0.29, 0.717) is 11.2 Å². The first-order valence-corrected chi connectivity index (χ1v) is 7.49. The van der Waals surface area contributed by atoms with Crippen LogP contribution in [0.3, 0.4) is 0 Å². The average molecular weight is 283 g/mol. The smallest absolute Gasteiger partial charge is 0.137 e. The van der Waals surface area contributed by atoms with Gasteiger partial charge in [-0.05, 0) is 39.8 Å². The Morgan fingerprint density at radius 1 is 1.32 bits per heavy atom. The third kappa shape index (κ3) is 3.80. The number of likely N-dealkylation sites (tertiary alicyclic amines) is 1. The van der Waals surface area contributed by atoms with Crippen molar-refractivity contribution >= 4 is 17.4 Å². The SMILES string of the molecule is CCc1nc(Cl)c(C)c(NC(C)CN2CCCC2)n1. The summed E-state index contributed by atoms with van der Waals surface area (Å²) in [6, 6.07) is 0.368. The van der Waals surface area contributed by atoms with Gasteiger partial charge in [0.1, 0.15) is 16.8 Å². The molecule has 1 fully saturated rings. The number of hydrogen-bond donors (Lipinski definition) is 1. The lowest BCUT2D eigenvalue weighted by Crippen LogP contribution is -2.33. The van der Waals surface area contributed by atoms with Crippen molar-refractivity contribution in [3.8, 4) is 0 Å². The van der Waals surface area contributed by atoms with E-state index in [1.165, 1.54) is 25.9 Å². The van der Waals surface area contributed by atoms with Crippen molar-refractivity contribution in [2.24, 2.45) is 0 Å². The molecule has 2 heterocycles. The molecular formula is C14H23ClN4. The number of hydrogen-bond acceptors (Lipinski definition) is 4. The van der Waals surface area contributed by atoms with Gasteiger partial charge in [0, 0.05) is 24.6 Å². The Morgan fingerprint density at radius 3 is 2.63 bits per heavy atom. The number of aryl methyl sites for hydroxylation is 1. The van der Waals surface area contributed by atoms with Crippen LogP contribution in [-0.4, -0.2) is 40.5 Å². The van der Waals surface area contributed by atoms with Gasteiger partial charge >= 0.3 is 0 Å².